The minimum Gasteiger partial charge on any atom is -0.497 e. The Labute approximate surface area is 74.1 Å². The number of hydrogen-bond donors (Lipinski definition) is 0. The third-order valence-corrected chi connectivity index (χ3v) is 3.33. The Morgan fingerprint density at radius 3 is 2.50 bits per heavy atom. The Balaban J connectivity index is 2.19. The van der Waals surface area contributed by atoms with Gasteiger partial charge in [-0.15, -0.1) is 0 Å². The number of ether oxygens (including phenoxy) is 1. The van der Waals surface area contributed by atoms with Crippen molar-refractivity contribution in [3.8, 4) is 0 Å². The van der Waals surface area contributed by atoms with Crippen molar-refractivity contribution in [1.82, 2.24) is 0 Å². The lowest BCUT2D eigenvalue weighted by molar-refractivity contribution is 0.189. The minimum absolute atomic E-state index is 0.483. The van der Waals surface area contributed by atoms with Crippen molar-refractivity contribution < 1.29 is 4.74 Å². The van der Waals surface area contributed by atoms with Gasteiger partial charge in [-0.25, -0.2) is 0 Å². The van der Waals surface area contributed by atoms with Crippen LogP contribution in [0.25, 0.3) is 0 Å². The van der Waals surface area contributed by atoms with E-state index in [1.807, 2.05) is 0 Å². The Morgan fingerprint density at radius 1 is 1.50 bits per heavy atom. The number of rotatable bonds is 2. The van der Waals surface area contributed by atoms with E-state index in [-0.39, 0.29) is 0 Å². The molecule has 1 heteroatoms. The fourth-order valence-electron chi connectivity index (χ4n) is 2.20. The van der Waals surface area contributed by atoms with Crippen molar-refractivity contribution in [2.45, 2.75) is 26.7 Å². The van der Waals surface area contributed by atoms with Crippen LogP contribution in [0.3, 0.4) is 0 Å². The summed E-state index contributed by atoms with van der Waals surface area (Å²) in [4.78, 5) is 0. The molecule has 0 aromatic rings. The largest absolute Gasteiger partial charge is 0.497 e. The third kappa shape index (κ3) is 0.855. The molecule has 0 fully saturated rings. The van der Waals surface area contributed by atoms with E-state index in [0.29, 0.717) is 5.41 Å². The molecule has 12 heavy (non-hydrogen) atoms. The van der Waals surface area contributed by atoms with Crippen molar-refractivity contribution in [2.24, 2.45) is 11.3 Å². The molecule has 3 rings (SSSR count). The molecule has 2 bridgehead atoms. The van der Waals surface area contributed by atoms with E-state index < -0.39 is 0 Å². The smallest absolute Gasteiger partial charge is 0.117 e. The van der Waals surface area contributed by atoms with Gasteiger partial charge in [0.05, 0.1) is 7.11 Å². The molecule has 1 atom stereocenters. The predicted octanol–water partition coefficient (Wildman–Crippen LogP) is 2.89. The molecule has 0 saturated carbocycles. The maximum Gasteiger partial charge on any atom is 0.117 e. The zero-order valence-corrected chi connectivity index (χ0v) is 8.05. The second-order valence-electron chi connectivity index (χ2n) is 4.21. The fraction of sp³-hybridized carbons (Fsp3) is 0.636. The van der Waals surface area contributed by atoms with Crippen LogP contribution in [0.5, 0.6) is 0 Å². The van der Waals surface area contributed by atoms with Gasteiger partial charge >= 0.3 is 0 Å². The van der Waals surface area contributed by atoms with Crippen molar-refractivity contribution in [1.29, 1.82) is 0 Å². The summed E-state index contributed by atoms with van der Waals surface area (Å²) >= 11 is 0. The van der Waals surface area contributed by atoms with Gasteiger partial charge in [-0.2, -0.15) is 0 Å². The molecular formula is C11H16O. The monoisotopic (exact) mass is 164 g/mol. The summed E-state index contributed by atoms with van der Waals surface area (Å²) < 4.78 is 5.26. The van der Waals surface area contributed by atoms with Gasteiger partial charge in [0.25, 0.3) is 0 Å². The molecule has 0 aliphatic heterocycles. The van der Waals surface area contributed by atoms with Crippen LogP contribution in [0.15, 0.2) is 23.5 Å². The van der Waals surface area contributed by atoms with Crippen molar-refractivity contribution >= 4 is 0 Å². The lowest BCUT2D eigenvalue weighted by Gasteiger charge is -2.46. The highest BCUT2D eigenvalue weighted by atomic mass is 16.5. The average Bonchev–Trinajstić information content (AvgIpc) is 2.02. The van der Waals surface area contributed by atoms with Crippen molar-refractivity contribution in [3.05, 3.63) is 23.5 Å². The average molecular weight is 164 g/mol. The third-order valence-electron chi connectivity index (χ3n) is 3.33. The van der Waals surface area contributed by atoms with Gasteiger partial charge in [0.15, 0.2) is 0 Å². The maximum absolute atomic E-state index is 5.26. The van der Waals surface area contributed by atoms with E-state index in [0.717, 1.165) is 18.1 Å². The van der Waals surface area contributed by atoms with Crippen LogP contribution in [-0.2, 0) is 4.74 Å². The molecule has 0 saturated heterocycles. The summed E-state index contributed by atoms with van der Waals surface area (Å²) in [6.07, 6.45) is 7.02. The number of allylic oxidation sites excluding steroid dienone is 3. The summed E-state index contributed by atoms with van der Waals surface area (Å²) in [5.41, 5.74) is 1.90. The summed E-state index contributed by atoms with van der Waals surface area (Å²) in [7, 11) is 1.76. The maximum atomic E-state index is 5.26. The van der Waals surface area contributed by atoms with E-state index in [2.05, 4.69) is 26.0 Å². The van der Waals surface area contributed by atoms with E-state index in [4.69, 9.17) is 4.74 Å². The molecule has 0 unspecified atom stereocenters. The van der Waals surface area contributed by atoms with Gasteiger partial charge in [-0.05, 0) is 35.8 Å². The van der Waals surface area contributed by atoms with E-state index >= 15 is 0 Å². The van der Waals surface area contributed by atoms with Crippen molar-refractivity contribution in [2.75, 3.05) is 7.11 Å². The van der Waals surface area contributed by atoms with Crippen LogP contribution in [0, 0.1) is 11.3 Å². The van der Waals surface area contributed by atoms with Gasteiger partial charge in [0.1, 0.15) is 5.76 Å². The van der Waals surface area contributed by atoms with Crippen LogP contribution in [-0.4, -0.2) is 7.11 Å². The predicted molar refractivity (Wildman–Crippen MR) is 49.7 cm³/mol. The first kappa shape index (κ1) is 7.90. The van der Waals surface area contributed by atoms with Crippen LogP contribution >= 0.6 is 0 Å². The highest BCUT2D eigenvalue weighted by Gasteiger charge is 2.43. The van der Waals surface area contributed by atoms with Crippen molar-refractivity contribution in [3.63, 3.8) is 0 Å². The molecule has 1 nitrogen and oxygen atoms in total. The first-order valence-electron chi connectivity index (χ1n) is 4.64. The van der Waals surface area contributed by atoms with E-state index in [1.165, 1.54) is 12.0 Å². The molecule has 0 aromatic carbocycles. The topological polar surface area (TPSA) is 9.23 Å². The highest BCUT2D eigenvalue weighted by Crippen LogP contribution is 2.53. The molecule has 3 aliphatic carbocycles. The Hall–Kier alpha value is -0.720. The normalized spacial score (nSPS) is 32.3. The second kappa shape index (κ2) is 2.38. The Kier molecular flexibility index (Phi) is 1.57. The molecule has 0 aromatic heterocycles. The van der Waals surface area contributed by atoms with Crippen LogP contribution in [0.4, 0.5) is 0 Å². The lowest BCUT2D eigenvalue weighted by atomic mass is 9.59. The van der Waals surface area contributed by atoms with Gasteiger partial charge in [0.2, 0.25) is 0 Å². The first-order valence-corrected chi connectivity index (χ1v) is 4.64. The molecule has 0 radical (unpaired) electrons. The molecule has 0 N–H and O–H groups in total. The van der Waals surface area contributed by atoms with E-state index in [9.17, 15) is 0 Å². The fourth-order valence-corrected chi connectivity index (χ4v) is 2.20. The Bertz CT molecular complexity index is 260. The van der Waals surface area contributed by atoms with Crippen LogP contribution < -0.4 is 0 Å². The number of hydrogen-bond acceptors (Lipinski definition) is 1. The summed E-state index contributed by atoms with van der Waals surface area (Å²) in [6, 6.07) is 0. The van der Waals surface area contributed by atoms with E-state index in [1.54, 1.807) is 7.11 Å². The quantitative estimate of drug-likeness (QED) is 0.609. The van der Waals surface area contributed by atoms with Crippen LogP contribution in [0.2, 0.25) is 0 Å². The van der Waals surface area contributed by atoms with Crippen LogP contribution in [0.1, 0.15) is 26.7 Å². The van der Waals surface area contributed by atoms with Gasteiger partial charge in [-0.1, -0.05) is 19.9 Å². The number of fused-ring (bicyclic) bond motifs is 1. The molecule has 0 amide bonds. The first-order chi connectivity index (χ1) is 5.68. The molecular weight excluding hydrogens is 148 g/mol. The number of methoxy groups -OCH3 is 1. The Morgan fingerprint density at radius 2 is 2.17 bits per heavy atom. The van der Waals surface area contributed by atoms with Gasteiger partial charge in [-0.3, -0.25) is 0 Å². The highest BCUT2D eigenvalue weighted by molar-refractivity contribution is 5.42. The molecule has 0 spiro atoms. The molecule has 3 aliphatic rings. The molecule has 0 heterocycles. The summed E-state index contributed by atoms with van der Waals surface area (Å²) in [5.74, 6) is 1.87. The van der Waals surface area contributed by atoms with Gasteiger partial charge in [0, 0.05) is 0 Å². The zero-order chi connectivity index (χ0) is 8.77. The summed E-state index contributed by atoms with van der Waals surface area (Å²) in [5, 5.41) is 0. The summed E-state index contributed by atoms with van der Waals surface area (Å²) in [6.45, 7) is 4.61. The minimum atomic E-state index is 0.483. The lowest BCUT2D eigenvalue weighted by Crippen LogP contribution is -2.36. The SMILES string of the molecule is COC1=CC[C@]2(C(C)C)C=C1C2. The van der Waals surface area contributed by atoms with Gasteiger partial charge < -0.3 is 4.74 Å². The second-order valence-corrected chi connectivity index (χ2v) is 4.21. The standard InChI is InChI=1S/C11H16O/c1-8(2)11-5-4-10(12-3)9(6-11)7-11/h4,6,8H,5,7H2,1-3H3/t11-/m0/s1. The molecule has 66 valence electrons. The zero-order valence-electron chi connectivity index (χ0n) is 8.05.